The first-order valence-electron chi connectivity index (χ1n) is 9.75. The molecule has 8 nitrogen and oxygen atoms in total. The number of halogens is 3. The molecule has 1 saturated carbocycles. The van der Waals surface area contributed by atoms with Crippen LogP contribution in [0.15, 0.2) is 77.0 Å². The highest BCUT2D eigenvalue weighted by Crippen LogP contribution is 2.28. The van der Waals surface area contributed by atoms with E-state index in [0.717, 1.165) is 37.1 Å². The standard InChI is InChI=1S/C16H16F3N3O4S.C5H5N/c17-16(18,19)26-12-3-5-13(6-4-12)27(24,25)15-7-10(20)8-22(15)9-14(23)21-11-1-2-11;1-2-4-6-5-3-1/h3-8,11H,1-2,9,20H2,(H,21,23);1-5H. The highest BCUT2D eigenvalue weighted by Gasteiger charge is 2.31. The van der Waals surface area contributed by atoms with E-state index in [9.17, 15) is 26.4 Å². The first-order valence-corrected chi connectivity index (χ1v) is 11.2. The quantitative estimate of drug-likeness (QED) is 0.558. The minimum atomic E-state index is -4.88. The summed E-state index contributed by atoms with van der Waals surface area (Å²) >= 11 is 0. The Bertz CT molecular complexity index is 1150. The number of hydrogen-bond acceptors (Lipinski definition) is 6. The fourth-order valence-electron chi connectivity index (χ4n) is 2.77. The number of benzene rings is 1. The van der Waals surface area contributed by atoms with E-state index < -0.39 is 21.9 Å². The van der Waals surface area contributed by atoms with Crippen LogP contribution in [0.3, 0.4) is 0 Å². The molecule has 0 aliphatic heterocycles. The number of aromatic nitrogens is 2. The van der Waals surface area contributed by atoms with Crippen molar-refractivity contribution in [2.45, 2.75) is 41.7 Å². The molecule has 3 N–H and O–H groups in total. The number of amides is 1. The van der Waals surface area contributed by atoms with E-state index in [4.69, 9.17) is 5.73 Å². The average molecular weight is 482 g/mol. The summed E-state index contributed by atoms with van der Waals surface area (Å²) in [6.07, 6.45) is 1.72. The lowest BCUT2D eigenvalue weighted by Crippen LogP contribution is -2.30. The Morgan fingerprint density at radius 3 is 2.27 bits per heavy atom. The number of carbonyl (C=O) groups is 1. The van der Waals surface area contributed by atoms with Crippen LogP contribution in [-0.4, -0.2) is 36.3 Å². The molecule has 0 atom stereocenters. The Labute approximate surface area is 188 Å². The van der Waals surface area contributed by atoms with E-state index >= 15 is 0 Å². The number of nitrogens with one attached hydrogen (secondary N) is 1. The molecule has 0 saturated heterocycles. The highest BCUT2D eigenvalue weighted by molar-refractivity contribution is 7.91. The second-order valence-corrected chi connectivity index (χ2v) is 9.03. The topological polar surface area (TPSA) is 116 Å². The summed E-state index contributed by atoms with van der Waals surface area (Å²) in [5.41, 5.74) is 5.82. The summed E-state index contributed by atoms with van der Waals surface area (Å²) in [6.45, 7) is -0.239. The van der Waals surface area contributed by atoms with E-state index in [0.29, 0.717) is 0 Å². The average Bonchev–Trinajstić information content (AvgIpc) is 3.48. The van der Waals surface area contributed by atoms with E-state index in [2.05, 4.69) is 15.0 Å². The summed E-state index contributed by atoms with van der Waals surface area (Å²) in [5.74, 6) is -0.890. The van der Waals surface area contributed by atoms with E-state index in [1.807, 2.05) is 18.2 Å². The first-order chi connectivity index (χ1) is 15.5. The predicted octanol–water partition coefficient (Wildman–Crippen LogP) is 3.16. The zero-order chi connectivity index (χ0) is 24.1. The molecule has 0 radical (unpaired) electrons. The Kier molecular flexibility index (Phi) is 7.26. The van der Waals surface area contributed by atoms with Gasteiger partial charge in [-0.1, -0.05) is 6.07 Å². The van der Waals surface area contributed by atoms with Crippen molar-refractivity contribution >= 4 is 21.4 Å². The smallest absolute Gasteiger partial charge is 0.406 e. The number of anilines is 1. The molecule has 176 valence electrons. The lowest BCUT2D eigenvalue weighted by molar-refractivity contribution is -0.274. The minimum absolute atomic E-state index is 0.117. The van der Waals surface area contributed by atoms with Crippen molar-refractivity contribution in [1.82, 2.24) is 14.9 Å². The van der Waals surface area contributed by atoms with E-state index in [1.165, 1.54) is 16.8 Å². The minimum Gasteiger partial charge on any atom is -0.406 e. The van der Waals surface area contributed by atoms with Crippen molar-refractivity contribution in [3.8, 4) is 5.75 Å². The van der Waals surface area contributed by atoms with Crippen LogP contribution in [0.25, 0.3) is 0 Å². The summed E-state index contributed by atoms with van der Waals surface area (Å²) in [5, 5.41) is 2.51. The molecular formula is C21H21F3N4O4S. The molecule has 0 bridgehead atoms. The molecule has 2 aromatic heterocycles. The van der Waals surface area contributed by atoms with E-state index in [-0.39, 0.29) is 34.1 Å². The summed E-state index contributed by atoms with van der Waals surface area (Å²) in [4.78, 5) is 15.5. The molecule has 1 amide bonds. The lowest BCUT2D eigenvalue weighted by atomic mass is 10.3. The molecule has 12 heteroatoms. The lowest BCUT2D eigenvalue weighted by Gasteiger charge is -2.11. The van der Waals surface area contributed by atoms with Gasteiger partial charge in [0.15, 0.2) is 0 Å². The zero-order valence-electron chi connectivity index (χ0n) is 17.2. The van der Waals surface area contributed by atoms with Gasteiger partial charge in [-0.2, -0.15) is 0 Å². The third-order valence-corrected chi connectivity index (χ3v) is 6.14. The monoisotopic (exact) mass is 482 g/mol. The van der Waals surface area contributed by atoms with Crippen LogP contribution in [0, 0.1) is 0 Å². The summed E-state index contributed by atoms with van der Waals surface area (Å²) in [6, 6.07) is 10.8. The van der Waals surface area contributed by atoms with Gasteiger partial charge in [0.25, 0.3) is 0 Å². The van der Waals surface area contributed by atoms with Crippen molar-refractivity contribution < 1.29 is 31.1 Å². The molecular weight excluding hydrogens is 461 g/mol. The van der Waals surface area contributed by atoms with Gasteiger partial charge in [-0.05, 0) is 55.3 Å². The Hall–Kier alpha value is -3.54. The summed E-state index contributed by atoms with van der Waals surface area (Å²) < 4.78 is 67.2. The highest BCUT2D eigenvalue weighted by atomic mass is 32.2. The SMILES string of the molecule is Nc1cc(S(=O)(=O)c2ccc(OC(F)(F)F)cc2)n(CC(=O)NC2CC2)c1.c1ccncc1. The molecule has 1 aliphatic rings. The second kappa shape index (κ2) is 9.94. The van der Waals surface area contributed by atoms with Crippen LogP contribution in [0.5, 0.6) is 5.75 Å². The van der Waals surface area contributed by atoms with Gasteiger partial charge in [0.05, 0.1) is 10.6 Å². The normalized spacial score (nSPS) is 13.5. The molecule has 0 spiro atoms. The summed E-state index contributed by atoms with van der Waals surface area (Å²) in [7, 11) is -4.10. The maximum Gasteiger partial charge on any atom is 0.573 e. The number of carbonyl (C=O) groups excluding carboxylic acids is 1. The van der Waals surface area contributed by atoms with Crippen LogP contribution in [0.4, 0.5) is 18.9 Å². The van der Waals surface area contributed by atoms with Crippen LogP contribution in [-0.2, 0) is 21.2 Å². The van der Waals surface area contributed by atoms with Crippen molar-refractivity contribution in [3.63, 3.8) is 0 Å². The number of sulfone groups is 1. The van der Waals surface area contributed by atoms with Crippen molar-refractivity contribution in [1.29, 1.82) is 0 Å². The van der Waals surface area contributed by atoms with Gasteiger partial charge in [0.1, 0.15) is 17.3 Å². The Morgan fingerprint density at radius 1 is 1.15 bits per heavy atom. The molecule has 1 aliphatic carbocycles. The molecule has 3 aromatic rings. The van der Waals surface area contributed by atoms with Crippen molar-refractivity contribution in [2.75, 3.05) is 5.73 Å². The van der Waals surface area contributed by atoms with Crippen LogP contribution < -0.4 is 15.8 Å². The number of hydrogen-bond donors (Lipinski definition) is 2. The van der Waals surface area contributed by atoms with Gasteiger partial charge in [0.2, 0.25) is 15.7 Å². The third kappa shape index (κ3) is 7.24. The van der Waals surface area contributed by atoms with Gasteiger partial charge in [-0.25, -0.2) is 8.42 Å². The number of nitrogens with zero attached hydrogens (tertiary/aromatic N) is 2. The molecule has 1 fully saturated rings. The third-order valence-electron chi connectivity index (χ3n) is 4.34. The van der Waals surface area contributed by atoms with Gasteiger partial charge in [0, 0.05) is 24.6 Å². The fraction of sp³-hybridized carbons (Fsp3) is 0.238. The van der Waals surface area contributed by atoms with Crippen LogP contribution in [0.2, 0.25) is 0 Å². The maximum atomic E-state index is 12.8. The maximum absolute atomic E-state index is 12.8. The Balaban J connectivity index is 0.000000442. The number of alkyl halides is 3. The van der Waals surface area contributed by atoms with E-state index in [1.54, 1.807) is 12.4 Å². The van der Waals surface area contributed by atoms with Crippen molar-refractivity contribution in [3.05, 3.63) is 67.1 Å². The fourth-order valence-corrected chi connectivity index (χ4v) is 4.22. The number of pyridine rings is 1. The van der Waals surface area contributed by atoms with Gasteiger partial charge < -0.3 is 20.4 Å². The molecule has 33 heavy (non-hydrogen) atoms. The second-order valence-electron chi connectivity index (χ2n) is 7.13. The van der Waals surface area contributed by atoms with Crippen molar-refractivity contribution in [2.24, 2.45) is 0 Å². The predicted molar refractivity (Wildman–Crippen MR) is 113 cm³/mol. The largest absolute Gasteiger partial charge is 0.573 e. The molecule has 1 aromatic carbocycles. The molecule has 2 heterocycles. The molecule has 0 unspecified atom stereocenters. The first kappa shape index (κ1) is 24.1. The number of ether oxygens (including phenoxy) is 1. The van der Waals surface area contributed by atoms with Gasteiger partial charge in [-0.3, -0.25) is 9.78 Å². The van der Waals surface area contributed by atoms with Crippen LogP contribution >= 0.6 is 0 Å². The van der Waals surface area contributed by atoms with Gasteiger partial charge >= 0.3 is 6.36 Å². The van der Waals surface area contributed by atoms with Gasteiger partial charge in [-0.15, -0.1) is 13.2 Å². The number of rotatable bonds is 6. The number of nitrogens with two attached hydrogens (primary N) is 1. The Morgan fingerprint density at radius 2 is 1.79 bits per heavy atom. The number of nitrogen functional groups attached to an aromatic ring is 1. The molecule has 4 rings (SSSR count). The van der Waals surface area contributed by atoms with Crippen LogP contribution in [0.1, 0.15) is 12.8 Å². The zero-order valence-corrected chi connectivity index (χ0v) is 18.0.